The number of nitrogens with two attached hydrogens (primary N) is 1. The molecule has 3 nitrogen and oxygen atoms in total. The Hall–Kier alpha value is -1.09. The summed E-state index contributed by atoms with van der Waals surface area (Å²) in [6.07, 6.45) is 7.77. The zero-order valence-corrected chi connectivity index (χ0v) is 12.4. The summed E-state index contributed by atoms with van der Waals surface area (Å²) >= 11 is 0. The highest BCUT2D eigenvalue weighted by Crippen LogP contribution is 2.27. The van der Waals surface area contributed by atoms with E-state index in [0.29, 0.717) is 12.5 Å². The van der Waals surface area contributed by atoms with Crippen LogP contribution in [0, 0.1) is 0 Å². The van der Waals surface area contributed by atoms with Gasteiger partial charge in [-0.2, -0.15) is 0 Å². The summed E-state index contributed by atoms with van der Waals surface area (Å²) in [6, 6.07) is 4.04. The highest BCUT2D eigenvalue weighted by Gasteiger charge is 2.28. The number of aromatic nitrogens is 1. The van der Waals surface area contributed by atoms with E-state index in [2.05, 4.69) is 31.8 Å². The van der Waals surface area contributed by atoms with E-state index in [9.17, 15) is 0 Å². The molecule has 0 unspecified atom stereocenters. The summed E-state index contributed by atoms with van der Waals surface area (Å²) in [5.41, 5.74) is 7.55. The zero-order valence-electron chi connectivity index (χ0n) is 12.4. The van der Waals surface area contributed by atoms with Gasteiger partial charge in [0.25, 0.3) is 0 Å². The fourth-order valence-corrected chi connectivity index (χ4v) is 2.53. The van der Waals surface area contributed by atoms with Crippen LogP contribution >= 0.6 is 0 Å². The second-order valence-electron chi connectivity index (χ2n) is 6.85. The maximum absolute atomic E-state index is 6.35. The standard InChI is InChI=1S/C16H26N2O/c1-15(2,3)13-7-8-14(18-11-13)19-12-16(17)9-5-4-6-10-16/h7-8,11H,4-6,9-10,12,17H2,1-3H3. The molecule has 19 heavy (non-hydrogen) atoms. The third-order valence-corrected chi connectivity index (χ3v) is 3.96. The molecule has 0 aromatic carbocycles. The highest BCUT2D eigenvalue weighted by atomic mass is 16.5. The second kappa shape index (κ2) is 5.49. The lowest BCUT2D eigenvalue weighted by molar-refractivity contribution is 0.169. The first-order chi connectivity index (χ1) is 8.89. The van der Waals surface area contributed by atoms with Crippen molar-refractivity contribution in [3.8, 4) is 5.88 Å². The topological polar surface area (TPSA) is 48.1 Å². The van der Waals surface area contributed by atoms with Crippen LogP contribution in [0.3, 0.4) is 0 Å². The number of rotatable bonds is 3. The Labute approximate surface area is 116 Å². The number of pyridine rings is 1. The molecule has 1 aliphatic carbocycles. The van der Waals surface area contributed by atoms with E-state index in [4.69, 9.17) is 10.5 Å². The average molecular weight is 262 g/mol. The number of ether oxygens (including phenoxy) is 1. The predicted octanol–water partition coefficient (Wildman–Crippen LogP) is 3.42. The smallest absolute Gasteiger partial charge is 0.213 e. The minimum absolute atomic E-state index is 0.129. The van der Waals surface area contributed by atoms with E-state index in [1.54, 1.807) is 0 Å². The van der Waals surface area contributed by atoms with E-state index < -0.39 is 0 Å². The lowest BCUT2D eigenvalue weighted by Gasteiger charge is -2.32. The Bertz CT molecular complexity index is 400. The molecule has 1 aromatic heterocycles. The van der Waals surface area contributed by atoms with Gasteiger partial charge in [0.1, 0.15) is 6.61 Å². The molecule has 0 radical (unpaired) electrons. The molecule has 0 spiro atoms. The normalized spacial score (nSPS) is 19.2. The average Bonchev–Trinajstić information content (AvgIpc) is 2.37. The first-order valence-corrected chi connectivity index (χ1v) is 7.27. The van der Waals surface area contributed by atoms with Crippen LogP contribution in [-0.4, -0.2) is 17.1 Å². The summed E-state index contributed by atoms with van der Waals surface area (Å²) in [4.78, 5) is 4.38. The van der Waals surface area contributed by atoms with Crippen molar-refractivity contribution in [3.63, 3.8) is 0 Å². The Morgan fingerprint density at radius 1 is 1.21 bits per heavy atom. The van der Waals surface area contributed by atoms with Gasteiger partial charge in [-0.1, -0.05) is 46.1 Å². The molecular formula is C16H26N2O. The largest absolute Gasteiger partial charge is 0.476 e. The van der Waals surface area contributed by atoms with Crippen molar-refractivity contribution < 1.29 is 4.74 Å². The predicted molar refractivity (Wildman–Crippen MR) is 78.4 cm³/mol. The molecular weight excluding hydrogens is 236 g/mol. The molecule has 0 aliphatic heterocycles. The summed E-state index contributed by atoms with van der Waals surface area (Å²) in [7, 11) is 0. The van der Waals surface area contributed by atoms with Crippen LogP contribution in [-0.2, 0) is 5.41 Å². The van der Waals surface area contributed by atoms with Gasteiger partial charge in [0.15, 0.2) is 0 Å². The van der Waals surface area contributed by atoms with Crippen molar-refractivity contribution in [1.82, 2.24) is 4.98 Å². The van der Waals surface area contributed by atoms with Gasteiger partial charge < -0.3 is 10.5 Å². The van der Waals surface area contributed by atoms with Crippen molar-refractivity contribution in [2.75, 3.05) is 6.61 Å². The van der Waals surface area contributed by atoms with Crippen LogP contribution in [0.25, 0.3) is 0 Å². The van der Waals surface area contributed by atoms with Gasteiger partial charge in [0, 0.05) is 12.3 Å². The number of nitrogens with zero attached hydrogens (tertiary/aromatic N) is 1. The van der Waals surface area contributed by atoms with Crippen molar-refractivity contribution in [3.05, 3.63) is 23.9 Å². The molecule has 0 bridgehead atoms. The van der Waals surface area contributed by atoms with E-state index in [1.165, 1.54) is 24.8 Å². The number of hydrogen-bond acceptors (Lipinski definition) is 3. The van der Waals surface area contributed by atoms with Crippen LogP contribution < -0.4 is 10.5 Å². The van der Waals surface area contributed by atoms with Crippen molar-refractivity contribution in [1.29, 1.82) is 0 Å². The number of hydrogen-bond donors (Lipinski definition) is 1. The van der Waals surface area contributed by atoms with Crippen LogP contribution in [0.2, 0.25) is 0 Å². The third kappa shape index (κ3) is 3.93. The molecule has 1 aliphatic rings. The SMILES string of the molecule is CC(C)(C)c1ccc(OCC2(N)CCCCC2)nc1. The molecule has 106 valence electrons. The Balaban J connectivity index is 1.93. The van der Waals surface area contributed by atoms with Gasteiger partial charge in [-0.3, -0.25) is 0 Å². The first kappa shape index (κ1) is 14.3. The minimum atomic E-state index is -0.150. The molecule has 1 aromatic rings. The summed E-state index contributed by atoms with van der Waals surface area (Å²) in [6.45, 7) is 7.12. The molecule has 1 saturated carbocycles. The summed E-state index contributed by atoms with van der Waals surface area (Å²) in [5, 5.41) is 0. The first-order valence-electron chi connectivity index (χ1n) is 7.27. The Morgan fingerprint density at radius 2 is 1.89 bits per heavy atom. The van der Waals surface area contributed by atoms with E-state index in [0.717, 1.165) is 12.8 Å². The van der Waals surface area contributed by atoms with E-state index >= 15 is 0 Å². The highest BCUT2D eigenvalue weighted by molar-refractivity contribution is 5.23. The maximum Gasteiger partial charge on any atom is 0.213 e. The van der Waals surface area contributed by atoms with Gasteiger partial charge in [0.2, 0.25) is 5.88 Å². The maximum atomic E-state index is 6.35. The quantitative estimate of drug-likeness (QED) is 0.908. The van der Waals surface area contributed by atoms with Gasteiger partial charge in [0.05, 0.1) is 5.54 Å². The molecule has 0 atom stereocenters. The lowest BCUT2D eigenvalue weighted by atomic mass is 9.83. The molecule has 2 rings (SSSR count). The molecule has 1 heterocycles. The monoisotopic (exact) mass is 262 g/mol. The molecule has 1 fully saturated rings. The molecule has 0 saturated heterocycles. The second-order valence-corrected chi connectivity index (χ2v) is 6.85. The van der Waals surface area contributed by atoms with Crippen molar-refractivity contribution in [2.24, 2.45) is 5.73 Å². The van der Waals surface area contributed by atoms with Crippen LogP contribution in [0.5, 0.6) is 5.88 Å². The van der Waals surface area contributed by atoms with Crippen molar-refractivity contribution >= 4 is 0 Å². The van der Waals surface area contributed by atoms with E-state index in [-0.39, 0.29) is 11.0 Å². The molecule has 0 amide bonds. The van der Waals surface area contributed by atoms with Gasteiger partial charge >= 0.3 is 0 Å². The van der Waals surface area contributed by atoms with Gasteiger partial charge in [-0.15, -0.1) is 0 Å². The fourth-order valence-electron chi connectivity index (χ4n) is 2.53. The minimum Gasteiger partial charge on any atom is -0.476 e. The van der Waals surface area contributed by atoms with Crippen molar-refractivity contribution in [2.45, 2.75) is 63.8 Å². The molecule has 2 N–H and O–H groups in total. The van der Waals surface area contributed by atoms with Crippen LogP contribution in [0.15, 0.2) is 18.3 Å². The van der Waals surface area contributed by atoms with Gasteiger partial charge in [-0.05, 0) is 23.8 Å². The lowest BCUT2D eigenvalue weighted by Crippen LogP contribution is -2.47. The van der Waals surface area contributed by atoms with E-state index in [1.807, 2.05) is 12.3 Å². The fraction of sp³-hybridized carbons (Fsp3) is 0.688. The van der Waals surface area contributed by atoms with Crippen LogP contribution in [0.1, 0.15) is 58.4 Å². The summed E-state index contributed by atoms with van der Waals surface area (Å²) < 4.78 is 5.78. The Kier molecular flexibility index (Phi) is 4.14. The molecule has 3 heteroatoms. The zero-order chi connectivity index (χ0) is 13.9. The van der Waals surface area contributed by atoms with Crippen LogP contribution in [0.4, 0.5) is 0 Å². The summed E-state index contributed by atoms with van der Waals surface area (Å²) in [5.74, 6) is 0.684. The Morgan fingerprint density at radius 3 is 2.42 bits per heavy atom. The third-order valence-electron chi connectivity index (χ3n) is 3.96. The van der Waals surface area contributed by atoms with Gasteiger partial charge in [-0.25, -0.2) is 4.98 Å².